The lowest BCUT2D eigenvalue weighted by Gasteiger charge is -2.15. The molecule has 0 aliphatic heterocycles. The molecule has 0 radical (unpaired) electrons. The third kappa shape index (κ3) is 2.32. The monoisotopic (exact) mass is 287 g/mol. The summed E-state index contributed by atoms with van der Waals surface area (Å²) in [6.07, 6.45) is 0. The van der Waals surface area contributed by atoms with E-state index >= 15 is 0 Å². The van der Waals surface area contributed by atoms with E-state index in [1.807, 2.05) is 0 Å². The van der Waals surface area contributed by atoms with Crippen molar-refractivity contribution in [1.29, 1.82) is 0 Å². The third-order valence-electron chi connectivity index (χ3n) is 3.62. The molecule has 0 bridgehead atoms. The summed E-state index contributed by atoms with van der Waals surface area (Å²) < 4.78 is 33.6. The van der Waals surface area contributed by atoms with Crippen LogP contribution in [0.4, 0.5) is 8.78 Å². The van der Waals surface area contributed by atoms with Crippen molar-refractivity contribution in [3.63, 3.8) is 0 Å². The van der Waals surface area contributed by atoms with Gasteiger partial charge in [0, 0.05) is 10.9 Å². The number of rotatable bonds is 3. The normalized spacial score (nSPS) is 12.8. The maximum absolute atomic E-state index is 14.3. The van der Waals surface area contributed by atoms with Gasteiger partial charge >= 0.3 is 0 Å². The standard InChI is InChI=1S/C17H15F2NO/c1-10-5-3-7-12(15(10)19)16(20-2)14-9-11-6-4-8-13(18)17(11)21-14/h3-9,16,20H,1-2H3. The molecule has 0 aliphatic carbocycles. The van der Waals surface area contributed by atoms with Crippen molar-refractivity contribution in [3.05, 3.63) is 71.0 Å². The lowest BCUT2D eigenvalue weighted by molar-refractivity contribution is 0.464. The largest absolute Gasteiger partial charge is 0.456 e. The summed E-state index contributed by atoms with van der Waals surface area (Å²) in [6, 6.07) is 11.2. The molecular weight excluding hydrogens is 272 g/mol. The fourth-order valence-corrected chi connectivity index (χ4v) is 2.53. The summed E-state index contributed by atoms with van der Waals surface area (Å²) in [5, 5.41) is 3.69. The van der Waals surface area contributed by atoms with Gasteiger partial charge in [0.2, 0.25) is 0 Å². The predicted molar refractivity (Wildman–Crippen MR) is 78.2 cm³/mol. The molecule has 1 heterocycles. The topological polar surface area (TPSA) is 25.2 Å². The maximum Gasteiger partial charge on any atom is 0.169 e. The van der Waals surface area contributed by atoms with Crippen molar-refractivity contribution in [2.45, 2.75) is 13.0 Å². The molecule has 0 spiro atoms. The molecule has 2 nitrogen and oxygen atoms in total. The highest BCUT2D eigenvalue weighted by molar-refractivity contribution is 5.78. The summed E-state index contributed by atoms with van der Waals surface area (Å²) in [5.41, 5.74) is 1.24. The summed E-state index contributed by atoms with van der Waals surface area (Å²) in [5.74, 6) is -0.210. The summed E-state index contributed by atoms with van der Waals surface area (Å²) in [6.45, 7) is 1.71. The zero-order valence-electron chi connectivity index (χ0n) is 11.8. The highest BCUT2D eigenvalue weighted by Gasteiger charge is 2.21. The van der Waals surface area contributed by atoms with Gasteiger partial charge < -0.3 is 9.73 Å². The maximum atomic E-state index is 14.3. The Bertz CT molecular complexity index is 795. The number of nitrogens with one attached hydrogen (secondary N) is 1. The first-order valence-corrected chi connectivity index (χ1v) is 6.72. The second-order valence-electron chi connectivity index (χ2n) is 5.01. The number of aryl methyl sites for hydroxylation is 1. The van der Waals surface area contributed by atoms with Crippen molar-refractivity contribution < 1.29 is 13.2 Å². The Morgan fingerprint density at radius 2 is 1.86 bits per heavy atom. The van der Waals surface area contributed by atoms with E-state index in [0.29, 0.717) is 22.3 Å². The summed E-state index contributed by atoms with van der Waals surface area (Å²) in [7, 11) is 1.72. The molecule has 0 saturated heterocycles. The van der Waals surface area contributed by atoms with Gasteiger partial charge in [0.25, 0.3) is 0 Å². The molecule has 21 heavy (non-hydrogen) atoms. The lowest BCUT2D eigenvalue weighted by atomic mass is 10.0. The molecule has 3 rings (SSSR count). The van der Waals surface area contributed by atoms with Crippen LogP contribution in [0.1, 0.15) is 22.9 Å². The Kier molecular flexibility index (Phi) is 3.47. The van der Waals surface area contributed by atoms with Crippen LogP contribution < -0.4 is 5.32 Å². The first kappa shape index (κ1) is 13.8. The Balaban J connectivity index is 2.14. The van der Waals surface area contributed by atoms with Crippen LogP contribution in [-0.4, -0.2) is 7.05 Å². The average molecular weight is 287 g/mol. The predicted octanol–water partition coefficient (Wildman–Crippen LogP) is 4.33. The second-order valence-corrected chi connectivity index (χ2v) is 5.01. The van der Waals surface area contributed by atoms with E-state index in [1.165, 1.54) is 6.07 Å². The van der Waals surface area contributed by atoms with E-state index < -0.39 is 11.9 Å². The van der Waals surface area contributed by atoms with Crippen LogP contribution >= 0.6 is 0 Å². The number of fused-ring (bicyclic) bond motifs is 1. The van der Waals surface area contributed by atoms with Gasteiger partial charge in [-0.15, -0.1) is 0 Å². The smallest absolute Gasteiger partial charge is 0.169 e. The van der Waals surface area contributed by atoms with Crippen LogP contribution in [-0.2, 0) is 0 Å². The van der Waals surface area contributed by atoms with Crippen LogP contribution in [0.2, 0.25) is 0 Å². The SMILES string of the molecule is CNC(c1cc2cccc(F)c2o1)c1cccc(C)c1F. The van der Waals surface area contributed by atoms with Gasteiger partial charge in [-0.25, -0.2) is 8.78 Å². The molecule has 0 aliphatic rings. The van der Waals surface area contributed by atoms with Crippen LogP contribution in [0.25, 0.3) is 11.0 Å². The van der Waals surface area contributed by atoms with Gasteiger partial charge in [0.1, 0.15) is 11.6 Å². The molecule has 1 atom stereocenters. The van der Waals surface area contributed by atoms with E-state index in [-0.39, 0.29) is 11.4 Å². The molecule has 2 aromatic carbocycles. The van der Waals surface area contributed by atoms with E-state index in [1.54, 1.807) is 50.4 Å². The number of para-hydroxylation sites is 1. The second kappa shape index (κ2) is 5.30. The minimum Gasteiger partial charge on any atom is -0.456 e. The average Bonchev–Trinajstić information content (AvgIpc) is 2.89. The van der Waals surface area contributed by atoms with Gasteiger partial charge in [0.05, 0.1) is 6.04 Å². The zero-order valence-corrected chi connectivity index (χ0v) is 11.8. The van der Waals surface area contributed by atoms with Crippen LogP contribution in [0.5, 0.6) is 0 Å². The van der Waals surface area contributed by atoms with Gasteiger partial charge in [-0.3, -0.25) is 0 Å². The molecule has 1 aromatic heterocycles. The third-order valence-corrected chi connectivity index (χ3v) is 3.62. The molecule has 3 aromatic rings. The van der Waals surface area contributed by atoms with Crippen molar-refractivity contribution >= 4 is 11.0 Å². The van der Waals surface area contributed by atoms with Crippen molar-refractivity contribution in [1.82, 2.24) is 5.32 Å². The zero-order chi connectivity index (χ0) is 15.0. The lowest BCUT2D eigenvalue weighted by Crippen LogP contribution is -2.18. The minimum atomic E-state index is -0.461. The van der Waals surface area contributed by atoms with Crippen LogP contribution in [0, 0.1) is 18.6 Å². The molecule has 0 saturated carbocycles. The number of hydrogen-bond donors (Lipinski definition) is 1. The summed E-state index contributed by atoms with van der Waals surface area (Å²) >= 11 is 0. The first-order chi connectivity index (χ1) is 10.1. The van der Waals surface area contributed by atoms with Crippen molar-refractivity contribution in [2.75, 3.05) is 7.05 Å². The van der Waals surface area contributed by atoms with E-state index in [2.05, 4.69) is 5.32 Å². The van der Waals surface area contributed by atoms with Gasteiger partial charge in [-0.05, 0) is 31.7 Å². The Hall–Kier alpha value is -2.20. The number of furan rings is 1. The number of benzene rings is 2. The van der Waals surface area contributed by atoms with E-state index in [0.717, 1.165) is 0 Å². The Labute approximate surface area is 121 Å². The summed E-state index contributed by atoms with van der Waals surface area (Å²) in [4.78, 5) is 0. The molecular formula is C17H15F2NO. The first-order valence-electron chi connectivity index (χ1n) is 6.72. The van der Waals surface area contributed by atoms with Crippen LogP contribution in [0.15, 0.2) is 46.9 Å². The minimum absolute atomic E-state index is 0.195. The number of hydrogen-bond acceptors (Lipinski definition) is 2. The van der Waals surface area contributed by atoms with E-state index in [4.69, 9.17) is 4.42 Å². The van der Waals surface area contributed by atoms with Gasteiger partial charge in [0.15, 0.2) is 11.4 Å². The van der Waals surface area contributed by atoms with Gasteiger partial charge in [-0.2, -0.15) is 0 Å². The molecule has 4 heteroatoms. The quantitative estimate of drug-likeness (QED) is 0.775. The molecule has 108 valence electrons. The Morgan fingerprint density at radius 1 is 1.10 bits per heavy atom. The number of halogens is 2. The van der Waals surface area contributed by atoms with Crippen molar-refractivity contribution in [2.24, 2.45) is 0 Å². The fraction of sp³-hybridized carbons (Fsp3) is 0.176. The highest BCUT2D eigenvalue weighted by Crippen LogP contribution is 2.31. The van der Waals surface area contributed by atoms with Crippen molar-refractivity contribution in [3.8, 4) is 0 Å². The molecule has 1 N–H and O–H groups in total. The fourth-order valence-electron chi connectivity index (χ4n) is 2.53. The highest BCUT2D eigenvalue weighted by atomic mass is 19.1. The molecule has 0 amide bonds. The molecule has 0 fully saturated rings. The van der Waals surface area contributed by atoms with Crippen LogP contribution in [0.3, 0.4) is 0 Å². The Morgan fingerprint density at radius 3 is 2.57 bits per heavy atom. The molecule has 1 unspecified atom stereocenters. The van der Waals surface area contributed by atoms with Gasteiger partial charge in [-0.1, -0.05) is 30.3 Å². The van der Waals surface area contributed by atoms with E-state index in [9.17, 15) is 8.78 Å².